The summed E-state index contributed by atoms with van der Waals surface area (Å²) in [5.74, 6) is 1.75. The highest BCUT2D eigenvalue weighted by molar-refractivity contribution is 7.99. The van der Waals surface area contributed by atoms with E-state index in [0.29, 0.717) is 18.6 Å². The first-order valence-electron chi connectivity index (χ1n) is 12.4. The molecule has 3 aromatic carbocycles. The van der Waals surface area contributed by atoms with Crippen LogP contribution in [0.2, 0.25) is 0 Å². The highest BCUT2D eigenvalue weighted by Crippen LogP contribution is 2.36. The fourth-order valence-corrected chi connectivity index (χ4v) is 5.73. The molecule has 1 aliphatic rings. The summed E-state index contributed by atoms with van der Waals surface area (Å²) in [4.78, 5) is 12.3. The molecule has 0 aromatic heterocycles. The Balaban J connectivity index is 1.44. The molecule has 0 bridgehead atoms. The average Bonchev–Trinajstić information content (AvgIpc) is 2.86. The summed E-state index contributed by atoms with van der Waals surface area (Å²) >= 11 is 1.80. The van der Waals surface area contributed by atoms with E-state index >= 15 is 0 Å². The van der Waals surface area contributed by atoms with Gasteiger partial charge in [0.25, 0.3) is 0 Å². The van der Waals surface area contributed by atoms with E-state index in [9.17, 15) is 9.18 Å². The van der Waals surface area contributed by atoms with Crippen molar-refractivity contribution in [2.75, 3.05) is 6.61 Å². The predicted molar refractivity (Wildman–Crippen MR) is 142 cm³/mol. The van der Waals surface area contributed by atoms with Crippen LogP contribution in [0, 0.1) is 19.7 Å². The predicted octanol–water partition coefficient (Wildman–Crippen LogP) is 7.36. The molecule has 1 heterocycles. The van der Waals surface area contributed by atoms with Gasteiger partial charge in [-0.1, -0.05) is 48.9 Å². The molecule has 0 radical (unpaired) electrons. The van der Waals surface area contributed by atoms with Crippen molar-refractivity contribution in [3.63, 3.8) is 0 Å². The zero-order valence-electron chi connectivity index (χ0n) is 21.0. The maximum atomic E-state index is 13.4. The number of carbonyl (C=O) groups excluding carboxylic acids is 1. The van der Waals surface area contributed by atoms with Crippen molar-refractivity contribution >= 4 is 17.7 Å². The van der Waals surface area contributed by atoms with Gasteiger partial charge in [-0.25, -0.2) is 4.39 Å². The molecule has 1 saturated heterocycles. The van der Waals surface area contributed by atoms with Crippen molar-refractivity contribution in [3.05, 3.63) is 94.8 Å². The van der Waals surface area contributed by atoms with Crippen LogP contribution < -0.4 is 9.47 Å². The molecule has 3 atom stereocenters. The number of thioether (sulfide) groups is 1. The topological polar surface area (TPSA) is 44.8 Å². The van der Waals surface area contributed by atoms with Crippen molar-refractivity contribution in [3.8, 4) is 11.5 Å². The Labute approximate surface area is 217 Å². The minimum atomic E-state index is -0.300. The molecule has 0 saturated carbocycles. The van der Waals surface area contributed by atoms with Crippen molar-refractivity contribution in [1.29, 1.82) is 0 Å². The second-order valence-corrected chi connectivity index (χ2v) is 10.5. The fraction of sp³-hybridized carbons (Fsp3) is 0.367. The number of cyclic esters (lactones) is 1. The molecule has 3 aromatic rings. The van der Waals surface area contributed by atoms with Crippen LogP contribution in [0.3, 0.4) is 0 Å². The maximum absolute atomic E-state index is 13.4. The normalized spacial score (nSPS) is 18.4. The van der Waals surface area contributed by atoms with Crippen LogP contribution in [0.15, 0.2) is 66.7 Å². The lowest BCUT2D eigenvalue weighted by molar-refractivity contribution is -0.154. The molecule has 0 amide bonds. The first kappa shape index (κ1) is 26.1. The van der Waals surface area contributed by atoms with E-state index < -0.39 is 0 Å². The second-order valence-electron chi connectivity index (χ2n) is 9.25. The number of rotatable bonds is 10. The van der Waals surface area contributed by atoms with Gasteiger partial charge in [0, 0.05) is 23.0 Å². The molecule has 0 aliphatic carbocycles. The van der Waals surface area contributed by atoms with Crippen molar-refractivity contribution < 1.29 is 23.4 Å². The third kappa shape index (κ3) is 7.03. The SMILES string of the molecule is CCC(Oc1ccc(F)cc1)c1cc(C)cc(C)c1OC[C@@H]1C[C@@H](SCc2ccccc2)CC(=O)O1. The van der Waals surface area contributed by atoms with Crippen molar-refractivity contribution in [2.24, 2.45) is 0 Å². The van der Waals surface area contributed by atoms with E-state index in [4.69, 9.17) is 14.2 Å². The van der Waals surface area contributed by atoms with Crippen LogP contribution in [0.5, 0.6) is 11.5 Å². The Kier molecular flexibility index (Phi) is 8.92. The number of esters is 1. The standard InChI is InChI=1S/C30H33FO4S/c1-4-28(34-24-12-10-23(31)11-13-24)27-15-20(2)14-21(3)30(27)33-18-25-16-26(17-29(32)35-25)36-19-22-8-6-5-7-9-22/h5-15,25-26,28H,4,16-19H2,1-3H3/t25-,26+,28?/m0/s1. The van der Waals surface area contributed by atoms with Crippen LogP contribution in [0.4, 0.5) is 4.39 Å². The van der Waals surface area contributed by atoms with Crippen LogP contribution >= 0.6 is 11.8 Å². The van der Waals surface area contributed by atoms with E-state index in [-0.39, 0.29) is 35.9 Å². The van der Waals surface area contributed by atoms with Gasteiger partial charge in [-0.3, -0.25) is 4.79 Å². The Morgan fingerprint density at radius 1 is 1.08 bits per heavy atom. The fourth-order valence-electron chi connectivity index (χ4n) is 4.51. The third-order valence-corrected chi connectivity index (χ3v) is 7.55. The molecule has 4 nitrogen and oxygen atoms in total. The number of ether oxygens (including phenoxy) is 3. The van der Waals surface area contributed by atoms with E-state index in [1.54, 1.807) is 23.9 Å². The first-order chi connectivity index (χ1) is 17.4. The van der Waals surface area contributed by atoms with Gasteiger partial charge in [-0.05, 0) is 61.7 Å². The van der Waals surface area contributed by atoms with Gasteiger partial charge in [0.1, 0.15) is 36.1 Å². The minimum Gasteiger partial charge on any atom is -0.489 e. The number of benzene rings is 3. The minimum absolute atomic E-state index is 0.174. The van der Waals surface area contributed by atoms with E-state index in [2.05, 4.69) is 24.3 Å². The monoisotopic (exact) mass is 508 g/mol. The smallest absolute Gasteiger partial charge is 0.307 e. The summed E-state index contributed by atoms with van der Waals surface area (Å²) in [7, 11) is 0. The largest absolute Gasteiger partial charge is 0.489 e. The van der Waals surface area contributed by atoms with Crippen molar-refractivity contribution in [1.82, 2.24) is 0 Å². The highest BCUT2D eigenvalue weighted by Gasteiger charge is 2.30. The Hall–Kier alpha value is -2.99. The Morgan fingerprint density at radius 2 is 1.83 bits per heavy atom. The zero-order valence-corrected chi connectivity index (χ0v) is 21.9. The number of aryl methyl sites for hydroxylation is 2. The lowest BCUT2D eigenvalue weighted by atomic mass is 9.99. The Morgan fingerprint density at radius 3 is 2.56 bits per heavy atom. The molecular formula is C30H33FO4S. The van der Waals surface area contributed by atoms with Crippen molar-refractivity contribution in [2.45, 2.75) is 63.2 Å². The van der Waals surface area contributed by atoms with E-state index in [0.717, 1.165) is 34.6 Å². The van der Waals surface area contributed by atoms with Gasteiger partial charge in [-0.15, -0.1) is 0 Å². The number of carbonyl (C=O) groups is 1. The zero-order chi connectivity index (χ0) is 25.5. The molecule has 1 aliphatic heterocycles. The van der Waals surface area contributed by atoms with Gasteiger partial charge in [0.05, 0.1) is 6.42 Å². The van der Waals surface area contributed by atoms with Crippen LogP contribution in [0.25, 0.3) is 0 Å². The third-order valence-electron chi connectivity index (χ3n) is 6.22. The summed E-state index contributed by atoms with van der Waals surface area (Å²) in [5.41, 5.74) is 4.30. The lowest BCUT2D eigenvalue weighted by Gasteiger charge is -2.29. The summed E-state index contributed by atoms with van der Waals surface area (Å²) in [6.45, 7) is 6.40. The summed E-state index contributed by atoms with van der Waals surface area (Å²) in [6, 6.07) is 20.5. The van der Waals surface area contributed by atoms with Crippen LogP contribution in [0.1, 0.15) is 54.5 Å². The summed E-state index contributed by atoms with van der Waals surface area (Å²) in [5, 5.41) is 0.198. The lowest BCUT2D eigenvalue weighted by Crippen LogP contribution is -2.35. The van der Waals surface area contributed by atoms with Gasteiger partial charge in [0.2, 0.25) is 0 Å². The molecule has 4 rings (SSSR count). The van der Waals surface area contributed by atoms with Gasteiger partial charge in [-0.2, -0.15) is 11.8 Å². The molecule has 190 valence electrons. The number of hydrogen-bond donors (Lipinski definition) is 0. The highest BCUT2D eigenvalue weighted by atomic mass is 32.2. The molecule has 1 unspecified atom stereocenters. The molecule has 1 fully saturated rings. The van der Waals surface area contributed by atoms with Gasteiger partial charge < -0.3 is 14.2 Å². The number of hydrogen-bond acceptors (Lipinski definition) is 5. The van der Waals surface area contributed by atoms with Crippen LogP contribution in [-0.2, 0) is 15.3 Å². The maximum Gasteiger partial charge on any atom is 0.307 e. The summed E-state index contributed by atoms with van der Waals surface area (Å²) < 4.78 is 31.6. The first-order valence-corrected chi connectivity index (χ1v) is 13.5. The van der Waals surface area contributed by atoms with E-state index in [1.807, 2.05) is 39.0 Å². The molecule has 0 N–H and O–H groups in total. The molecule has 36 heavy (non-hydrogen) atoms. The molecule has 6 heteroatoms. The molecule has 0 spiro atoms. The quantitative estimate of drug-likeness (QED) is 0.268. The Bertz CT molecular complexity index is 1150. The molecular weight excluding hydrogens is 475 g/mol. The summed E-state index contributed by atoms with van der Waals surface area (Å²) in [6.07, 6.45) is 1.34. The van der Waals surface area contributed by atoms with Crippen LogP contribution in [-0.4, -0.2) is 23.9 Å². The average molecular weight is 509 g/mol. The number of halogens is 1. The van der Waals surface area contributed by atoms with Gasteiger partial charge >= 0.3 is 5.97 Å². The van der Waals surface area contributed by atoms with E-state index in [1.165, 1.54) is 17.7 Å². The van der Waals surface area contributed by atoms with Gasteiger partial charge in [0.15, 0.2) is 0 Å². The second kappa shape index (κ2) is 12.3.